The molecule has 1 aliphatic rings. The Kier molecular flexibility index (Phi) is 3.11. The molecule has 1 fully saturated rings. The minimum absolute atomic E-state index is 0.102. The van der Waals surface area contributed by atoms with E-state index in [4.69, 9.17) is 0 Å². The molecule has 0 aliphatic carbocycles. The van der Waals surface area contributed by atoms with E-state index in [1.54, 1.807) is 0 Å². The van der Waals surface area contributed by atoms with Gasteiger partial charge in [-0.2, -0.15) is 0 Å². The lowest BCUT2D eigenvalue weighted by Crippen LogP contribution is -2.49. The summed E-state index contributed by atoms with van der Waals surface area (Å²) < 4.78 is 26.6. The SMILES string of the molecule is O=C(c1ccc(F)cc1F)N1CC(c2nc3ccccc3[nH]2)C1. The number of H-pyrrole nitrogens is 1. The molecule has 4 nitrogen and oxygen atoms in total. The monoisotopic (exact) mass is 313 g/mol. The highest BCUT2D eigenvalue weighted by Gasteiger charge is 2.35. The number of likely N-dealkylation sites (tertiary alicyclic amines) is 1. The van der Waals surface area contributed by atoms with E-state index in [9.17, 15) is 13.6 Å². The molecule has 1 N–H and O–H groups in total. The predicted octanol–water partition coefficient (Wildman–Crippen LogP) is 3.08. The fourth-order valence-corrected chi connectivity index (χ4v) is 2.82. The van der Waals surface area contributed by atoms with Gasteiger partial charge < -0.3 is 9.88 Å². The van der Waals surface area contributed by atoms with E-state index < -0.39 is 17.5 Å². The fraction of sp³-hybridized carbons (Fsp3) is 0.176. The summed E-state index contributed by atoms with van der Waals surface area (Å²) in [5.41, 5.74) is 1.74. The first-order valence-electron chi connectivity index (χ1n) is 7.31. The van der Waals surface area contributed by atoms with Crippen LogP contribution in [0.5, 0.6) is 0 Å². The van der Waals surface area contributed by atoms with E-state index >= 15 is 0 Å². The third-order valence-electron chi connectivity index (χ3n) is 4.12. The molecule has 1 aliphatic heterocycles. The molecule has 0 saturated carbocycles. The molecule has 116 valence electrons. The van der Waals surface area contributed by atoms with E-state index in [2.05, 4.69) is 9.97 Å². The van der Waals surface area contributed by atoms with Crippen molar-refractivity contribution in [2.75, 3.05) is 13.1 Å². The first-order chi connectivity index (χ1) is 11.1. The Morgan fingerprint density at radius 1 is 1.17 bits per heavy atom. The lowest BCUT2D eigenvalue weighted by atomic mass is 9.98. The number of aromatic nitrogens is 2. The standard InChI is InChI=1S/C17H13F2N3O/c18-11-5-6-12(13(19)7-11)17(23)22-8-10(9-22)16-20-14-3-1-2-4-15(14)21-16/h1-7,10H,8-9H2,(H,20,21). The van der Waals surface area contributed by atoms with Gasteiger partial charge >= 0.3 is 0 Å². The Hall–Kier alpha value is -2.76. The molecule has 4 rings (SSSR count). The quantitative estimate of drug-likeness (QED) is 0.790. The average molecular weight is 313 g/mol. The van der Waals surface area contributed by atoms with Crippen LogP contribution in [0.15, 0.2) is 42.5 Å². The van der Waals surface area contributed by atoms with Gasteiger partial charge in [0.1, 0.15) is 17.5 Å². The van der Waals surface area contributed by atoms with E-state index in [1.807, 2.05) is 24.3 Å². The number of amides is 1. The van der Waals surface area contributed by atoms with Gasteiger partial charge in [-0.1, -0.05) is 12.1 Å². The maximum absolute atomic E-state index is 13.7. The summed E-state index contributed by atoms with van der Waals surface area (Å²) in [7, 11) is 0. The number of hydrogen-bond acceptors (Lipinski definition) is 2. The number of rotatable bonds is 2. The molecule has 3 aromatic rings. The highest BCUT2D eigenvalue weighted by molar-refractivity contribution is 5.95. The van der Waals surface area contributed by atoms with Gasteiger partial charge in [0.15, 0.2) is 0 Å². The molecule has 0 spiro atoms. The first-order valence-corrected chi connectivity index (χ1v) is 7.31. The van der Waals surface area contributed by atoms with Gasteiger partial charge in [0, 0.05) is 19.2 Å². The Labute approximate surface area is 130 Å². The molecule has 0 bridgehead atoms. The molecule has 23 heavy (non-hydrogen) atoms. The Morgan fingerprint density at radius 2 is 1.96 bits per heavy atom. The zero-order valence-electron chi connectivity index (χ0n) is 12.1. The van der Waals surface area contributed by atoms with Crippen molar-refractivity contribution in [2.24, 2.45) is 0 Å². The van der Waals surface area contributed by atoms with E-state index in [0.717, 1.165) is 29.0 Å². The number of fused-ring (bicyclic) bond motifs is 1. The lowest BCUT2D eigenvalue weighted by Gasteiger charge is -2.38. The zero-order valence-corrected chi connectivity index (χ0v) is 12.1. The van der Waals surface area contributed by atoms with E-state index in [0.29, 0.717) is 13.1 Å². The van der Waals surface area contributed by atoms with Gasteiger partial charge in [-0.3, -0.25) is 4.79 Å². The summed E-state index contributed by atoms with van der Waals surface area (Å²) >= 11 is 0. The summed E-state index contributed by atoms with van der Waals surface area (Å²) in [5.74, 6) is -1.01. The van der Waals surface area contributed by atoms with Crippen LogP contribution in [0.3, 0.4) is 0 Å². The molecule has 0 atom stereocenters. The van der Waals surface area contributed by atoms with E-state index in [1.165, 1.54) is 11.0 Å². The summed E-state index contributed by atoms with van der Waals surface area (Å²) in [6.07, 6.45) is 0. The molecule has 0 radical (unpaired) electrons. The summed E-state index contributed by atoms with van der Waals surface area (Å²) in [5, 5.41) is 0. The van der Waals surface area contributed by atoms with Crippen LogP contribution in [0.4, 0.5) is 8.78 Å². The molecule has 1 aromatic heterocycles. The number of imidazole rings is 1. The van der Waals surface area contributed by atoms with Crippen molar-refractivity contribution in [1.82, 2.24) is 14.9 Å². The Morgan fingerprint density at radius 3 is 2.70 bits per heavy atom. The number of hydrogen-bond donors (Lipinski definition) is 1. The van der Waals surface area contributed by atoms with Crippen molar-refractivity contribution in [3.63, 3.8) is 0 Å². The number of nitrogens with one attached hydrogen (secondary N) is 1. The maximum Gasteiger partial charge on any atom is 0.256 e. The van der Waals surface area contributed by atoms with Crippen LogP contribution in [0.25, 0.3) is 11.0 Å². The molecule has 2 aromatic carbocycles. The van der Waals surface area contributed by atoms with Crippen molar-refractivity contribution in [1.29, 1.82) is 0 Å². The Bertz CT molecular complexity index is 867. The maximum atomic E-state index is 13.7. The summed E-state index contributed by atoms with van der Waals surface area (Å²) in [6, 6.07) is 10.7. The van der Waals surface area contributed by atoms with Gasteiger partial charge in [0.25, 0.3) is 5.91 Å². The van der Waals surface area contributed by atoms with E-state index in [-0.39, 0.29) is 11.5 Å². The van der Waals surface area contributed by atoms with Crippen molar-refractivity contribution < 1.29 is 13.6 Å². The van der Waals surface area contributed by atoms with Crippen LogP contribution in [-0.2, 0) is 0 Å². The minimum Gasteiger partial charge on any atom is -0.342 e. The van der Waals surface area contributed by atoms with Crippen molar-refractivity contribution in [3.8, 4) is 0 Å². The van der Waals surface area contributed by atoms with Crippen LogP contribution in [0.1, 0.15) is 22.1 Å². The van der Waals surface area contributed by atoms with Crippen LogP contribution in [0.2, 0.25) is 0 Å². The topological polar surface area (TPSA) is 49.0 Å². The molecule has 6 heteroatoms. The molecule has 2 heterocycles. The fourth-order valence-electron chi connectivity index (χ4n) is 2.82. The summed E-state index contributed by atoms with van der Waals surface area (Å²) in [6.45, 7) is 0.935. The third-order valence-corrected chi connectivity index (χ3v) is 4.12. The van der Waals surface area contributed by atoms with Crippen molar-refractivity contribution in [2.45, 2.75) is 5.92 Å². The smallest absolute Gasteiger partial charge is 0.256 e. The second kappa shape index (κ2) is 5.15. The zero-order chi connectivity index (χ0) is 16.0. The number of aromatic amines is 1. The number of halogens is 2. The largest absolute Gasteiger partial charge is 0.342 e. The Balaban J connectivity index is 1.49. The number of carbonyl (C=O) groups is 1. The van der Waals surface area contributed by atoms with Gasteiger partial charge in [-0.05, 0) is 24.3 Å². The molecule has 1 saturated heterocycles. The number of carbonyl (C=O) groups excluding carboxylic acids is 1. The highest BCUT2D eigenvalue weighted by atomic mass is 19.1. The lowest BCUT2D eigenvalue weighted by molar-refractivity contribution is 0.0591. The molecular formula is C17H13F2N3O. The third kappa shape index (κ3) is 2.36. The van der Waals surface area contributed by atoms with Gasteiger partial charge in [-0.25, -0.2) is 13.8 Å². The van der Waals surface area contributed by atoms with Gasteiger partial charge in [0.05, 0.1) is 22.5 Å². The number of benzene rings is 2. The average Bonchev–Trinajstić information content (AvgIpc) is 2.88. The minimum atomic E-state index is -0.831. The molecule has 0 unspecified atom stereocenters. The van der Waals surface area contributed by atoms with Crippen LogP contribution in [-0.4, -0.2) is 33.9 Å². The van der Waals surface area contributed by atoms with Gasteiger partial charge in [0.2, 0.25) is 0 Å². The second-order valence-electron chi connectivity index (χ2n) is 5.67. The van der Waals surface area contributed by atoms with Crippen LogP contribution < -0.4 is 0 Å². The molecular weight excluding hydrogens is 300 g/mol. The molecule has 1 amide bonds. The number of nitrogens with zero attached hydrogens (tertiary/aromatic N) is 2. The predicted molar refractivity (Wildman–Crippen MR) is 81.1 cm³/mol. The normalized spacial score (nSPS) is 15.0. The second-order valence-corrected chi connectivity index (χ2v) is 5.67. The van der Waals surface area contributed by atoms with Gasteiger partial charge in [-0.15, -0.1) is 0 Å². The number of para-hydroxylation sites is 2. The first kappa shape index (κ1) is 13.9. The van der Waals surface area contributed by atoms with Crippen LogP contribution in [0, 0.1) is 11.6 Å². The van der Waals surface area contributed by atoms with Crippen molar-refractivity contribution in [3.05, 3.63) is 65.5 Å². The van der Waals surface area contributed by atoms with Crippen LogP contribution >= 0.6 is 0 Å². The highest BCUT2D eigenvalue weighted by Crippen LogP contribution is 2.28. The summed E-state index contributed by atoms with van der Waals surface area (Å²) in [4.78, 5) is 21.5. The van der Waals surface area contributed by atoms with Crippen molar-refractivity contribution >= 4 is 16.9 Å².